The molecule has 0 radical (unpaired) electrons. The third-order valence-electron chi connectivity index (χ3n) is 3.78. The normalized spacial score (nSPS) is 29.4. The van der Waals surface area contributed by atoms with E-state index >= 15 is 0 Å². The van der Waals surface area contributed by atoms with Crippen LogP contribution in [0.25, 0.3) is 0 Å². The van der Waals surface area contributed by atoms with Crippen molar-refractivity contribution in [2.45, 2.75) is 37.8 Å². The Labute approximate surface area is 97.3 Å². The quantitative estimate of drug-likeness (QED) is 0.766. The molecule has 2 fully saturated rings. The van der Waals surface area contributed by atoms with Crippen molar-refractivity contribution in [1.29, 1.82) is 5.26 Å². The summed E-state index contributed by atoms with van der Waals surface area (Å²) in [4.78, 5) is 2.30. The Bertz CT molecular complexity index is 306. The van der Waals surface area contributed by atoms with Gasteiger partial charge in [0, 0.05) is 18.6 Å². The highest BCUT2D eigenvalue weighted by Crippen LogP contribution is 2.39. The van der Waals surface area contributed by atoms with E-state index in [4.69, 9.17) is 10.5 Å². The molecule has 2 rings (SSSR count). The summed E-state index contributed by atoms with van der Waals surface area (Å²) in [6.45, 7) is 7.31. The van der Waals surface area contributed by atoms with Gasteiger partial charge in [0.2, 0.25) is 0 Å². The van der Waals surface area contributed by atoms with Gasteiger partial charge < -0.3 is 10.5 Å². The molecule has 2 aliphatic rings. The summed E-state index contributed by atoms with van der Waals surface area (Å²) in [7, 11) is 0. The van der Waals surface area contributed by atoms with Gasteiger partial charge in [0.1, 0.15) is 5.54 Å². The maximum absolute atomic E-state index is 9.26. The molecule has 1 unspecified atom stereocenters. The molecular weight excluding hydrogens is 202 g/mol. The van der Waals surface area contributed by atoms with Gasteiger partial charge in [-0.3, -0.25) is 4.90 Å². The monoisotopic (exact) mass is 223 g/mol. The highest BCUT2D eigenvalue weighted by atomic mass is 16.5. The molecule has 0 aromatic carbocycles. The van der Waals surface area contributed by atoms with Crippen molar-refractivity contribution >= 4 is 0 Å². The lowest BCUT2D eigenvalue weighted by molar-refractivity contribution is -0.0574. The molecule has 1 aliphatic heterocycles. The summed E-state index contributed by atoms with van der Waals surface area (Å²) in [5.74, 6) is 0.399. The minimum atomic E-state index is -0.658. The van der Waals surface area contributed by atoms with Gasteiger partial charge in [0.15, 0.2) is 0 Å². The first kappa shape index (κ1) is 11.8. The van der Waals surface area contributed by atoms with Crippen molar-refractivity contribution in [3.05, 3.63) is 0 Å². The molecule has 0 bridgehead atoms. The number of hydrogen-bond acceptors (Lipinski definition) is 4. The van der Waals surface area contributed by atoms with Gasteiger partial charge in [0.05, 0.1) is 19.3 Å². The number of morpholine rings is 1. The largest absolute Gasteiger partial charge is 0.378 e. The fraction of sp³-hybridized carbons (Fsp3) is 0.917. The van der Waals surface area contributed by atoms with Gasteiger partial charge in [-0.15, -0.1) is 0 Å². The summed E-state index contributed by atoms with van der Waals surface area (Å²) in [6.07, 6.45) is 2.21. The van der Waals surface area contributed by atoms with Crippen LogP contribution in [0.4, 0.5) is 0 Å². The predicted molar refractivity (Wildman–Crippen MR) is 61.7 cm³/mol. The van der Waals surface area contributed by atoms with E-state index in [1.54, 1.807) is 0 Å². The minimum absolute atomic E-state index is 0.00535. The molecule has 0 spiro atoms. The Balaban J connectivity index is 2.04. The molecule has 0 aromatic rings. The Morgan fingerprint density at radius 2 is 2.25 bits per heavy atom. The van der Waals surface area contributed by atoms with Crippen molar-refractivity contribution in [3.8, 4) is 6.07 Å². The number of nitrogens with two attached hydrogens (primary N) is 1. The van der Waals surface area contributed by atoms with Crippen molar-refractivity contribution in [2.24, 2.45) is 11.7 Å². The lowest BCUT2D eigenvalue weighted by atomic mass is 9.92. The first-order chi connectivity index (χ1) is 7.48. The van der Waals surface area contributed by atoms with E-state index in [-0.39, 0.29) is 5.54 Å². The highest BCUT2D eigenvalue weighted by molar-refractivity contribution is 5.15. The molecule has 4 nitrogen and oxygen atoms in total. The third-order valence-corrected chi connectivity index (χ3v) is 3.78. The summed E-state index contributed by atoms with van der Waals surface area (Å²) < 4.78 is 5.47. The molecule has 2 N–H and O–H groups in total. The van der Waals surface area contributed by atoms with Gasteiger partial charge in [0.25, 0.3) is 0 Å². The predicted octanol–water partition coefficient (Wildman–Crippen LogP) is 0.728. The molecule has 1 saturated carbocycles. The average molecular weight is 223 g/mol. The topological polar surface area (TPSA) is 62.3 Å². The second-order valence-corrected chi connectivity index (χ2v) is 5.71. The van der Waals surface area contributed by atoms with Gasteiger partial charge >= 0.3 is 0 Å². The van der Waals surface area contributed by atoms with Crippen LogP contribution in [0.15, 0.2) is 0 Å². The number of ether oxygens (including phenoxy) is 1. The van der Waals surface area contributed by atoms with Crippen molar-refractivity contribution in [2.75, 3.05) is 26.3 Å². The van der Waals surface area contributed by atoms with E-state index in [9.17, 15) is 5.26 Å². The number of rotatable bonds is 3. The SMILES string of the molecule is CC1(C)COCCN1CC(N)(C#N)C1CC1. The molecule has 1 saturated heterocycles. The molecule has 90 valence electrons. The first-order valence-corrected chi connectivity index (χ1v) is 6.01. The van der Waals surface area contributed by atoms with Crippen LogP contribution >= 0.6 is 0 Å². The Kier molecular flexibility index (Phi) is 2.95. The molecule has 0 aromatic heterocycles. The van der Waals surface area contributed by atoms with Crippen LogP contribution in [0.2, 0.25) is 0 Å². The Hall–Kier alpha value is -0.630. The van der Waals surface area contributed by atoms with E-state index in [2.05, 4.69) is 24.8 Å². The molecule has 1 heterocycles. The van der Waals surface area contributed by atoms with Crippen LogP contribution in [-0.2, 0) is 4.74 Å². The summed E-state index contributed by atoms with van der Waals surface area (Å²) in [5.41, 5.74) is 5.55. The molecule has 1 atom stereocenters. The van der Waals surface area contributed by atoms with Gasteiger partial charge in [-0.25, -0.2) is 0 Å². The number of nitriles is 1. The fourth-order valence-electron chi connectivity index (χ4n) is 2.35. The number of nitrogens with zero attached hydrogens (tertiary/aromatic N) is 2. The van der Waals surface area contributed by atoms with Gasteiger partial charge in [-0.1, -0.05) is 0 Å². The van der Waals surface area contributed by atoms with E-state index < -0.39 is 5.54 Å². The van der Waals surface area contributed by atoms with Gasteiger partial charge in [-0.2, -0.15) is 5.26 Å². The van der Waals surface area contributed by atoms with Crippen LogP contribution in [0.3, 0.4) is 0 Å². The zero-order valence-corrected chi connectivity index (χ0v) is 10.2. The van der Waals surface area contributed by atoms with Crippen LogP contribution in [0, 0.1) is 17.2 Å². The average Bonchev–Trinajstić information content (AvgIpc) is 3.04. The summed E-state index contributed by atoms with van der Waals surface area (Å²) >= 11 is 0. The lowest BCUT2D eigenvalue weighted by Gasteiger charge is -2.44. The maximum atomic E-state index is 9.26. The summed E-state index contributed by atoms with van der Waals surface area (Å²) in [6, 6.07) is 2.32. The Morgan fingerprint density at radius 1 is 1.56 bits per heavy atom. The first-order valence-electron chi connectivity index (χ1n) is 6.01. The van der Waals surface area contributed by atoms with Crippen molar-refractivity contribution < 1.29 is 4.74 Å². The van der Waals surface area contributed by atoms with Crippen LogP contribution < -0.4 is 5.73 Å². The second-order valence-electron chi connectivity index (χ2n) is 5.71. The maximum Gasteiger partial charge on any atom is 0.119 e. The Morgan fingerprint density at radius 3 is 2.75 bits per heavy atom. The van der Waals surface area contributed by atoms with Gasteiger partial charge in [-0.05, 0) is 32.6 Å². The lowest BCUT2D eigenvalue weighted by Crippen LogP contribution is -2.60. The van der Waals surface area contributed by atoms with Crippen molar-refractivity contribution in [1.82, 2.24) is 4.90 Å². The standard InChI is InChI=1S/C12H21N3O/c1-11(2)9-16-6-5-15(11)8-12(14,7-13)10-3-4-10/h10H,3-6,8-9,14H2,1-2H3. The van der Waals surface area contributed by atoms with Crippen LogP contribution in [0.5, 0.6) is 0 Å². The summed E-state index contributed by atoms with van der Waals surface area (Å²) in [5, 5.41) is 9.26. The highest BCUT2D eigenvalue weighted by Gasteiger charge is 2.46. The van der Waals surface area contributed by atoms with E-state index in [0.717, 1.165) is 32.6 Å². The third kappa shape index (κ3) is 2.22. The number of hydrogen-bond donors (Lipinski definition) is 1. The van der Waals surface area contributed by atoms with Crippen molar-refractivity contribution in [3.63, 3.8) is 0 Å². The fourth-order valence-corrected chi connectivity index (χ4v) is 2.35. The molecule has 1 aliphatic carbocycles. The van der Waals surface area contributed by atoms with E-state index in [1.165, 1.54) is 0 Å². The molecular formula is C12H21N3O. The van der Waals surface area contributed by atoms with E-state index in [0.29, 0.717) is 12.5 Å². The second kappa shape index (κ2) is 3.99. The van der Waals surface area contributed by atoms with Crippen LogP contribution in [-0.4, -0.2) is 42.3 Å². The molecule has 0 amide bonds. The molecule has 16 heavy (non-hydrogen) atoms. The zero-order chi connectivity index (χ0) is 11.8. The molecule has 4 heteroatoms. The minimum Gasteiger partial charge on any atom is -0.378 e. The van der Waals surface area contributed by atoms with Crippen LogP contribution in [0.1, 0.15) is 26.7 Å². The van der Waals surface area contributed by atoms with E-state index in [1.807, 2.05) is 0 Å². The smallest absolute Gasteiger partial charge is 0.119 e. The zero-order valence-electron chi connectivity index (χ0n) is 10.2.